The molecule has 0 radical (unpaired) electrons. The van der Waals surface area contributed by atoms with Gasteiger partial charge in [0.25, 0.3) is 5.91 Å². The Labute approximate surface area is 118 Å². The van der Waals surface area contributed by atoms with Crippen LogP contribution in [-0.2, 0) is 9.53 Å². The van der Waals surface area contributed by atoms with E-state index >= 15 is 0 Å². The van der Waals surface area contributed by atoms with Gasteiger partial charge in [0, 0.05) is 32.2 Å². The number of piperazine rings is 1. The van der Waals surface area contributed by atoms with Gasteiger partial charge in [0.15, 0.2) is 5.76 Å². The number of esters is 1. The highest BCUT2D eigenvalue weighted by atomic mass is 16.5. The molecule has 1 atom stereocenters. The van der Waals surface area contributed by atoms with Gasteiger partial charge in [0.2, 0.25) is 0 Å². The van der Waals surface area contributed by atoms with Crippen LogP contribution >= 0.6 is 0 Å². The van der Waals surface area contributed by atoms with Crippen molar-refractivity contribution in [2.24, 2.45) is 0 Å². The first-order chi connectivity index (χ1) is 9.61. The smallest absolute Gasteiger partial charge is 0.306 e. The third-order valence-electron chi connectivity index (χ3n) is 3.56. The Morgan fingerprint density at radius 2 is 2.25 bits per heavy atom. The van der Waals surface area contributed by atoms with Crippen LogP contribution in [-0.4, -0.2) is 61.0 Å². The molecular formula is C14H20N2O4. The Balaban J connectivity index is 1.86. The van der Waals surface area contributed by atoms with Crippen LogP contribution < -0.4 is 0 Å². The van der Waals surface area contributed by atoms with E-state index in [0.717, 1.165) is 13.1 Å². The van der Waals surface area contributed by atoms with E-state index in [1.165, 1.54) is 13.4 Å². The van der Waals surface area contributed by atoms with E-state index in [9.17, 15) is 9.59 Å². The van der Waals surface area contributed by atoms with Gasteiger partial charge in [-0.25, -0.2) is 0 Å². The summed E-state index contributed by atoms with van der Waals surface area (Å²) in [5.74, 6) is 0.0988. The lowest BCUT2D eigenvalue weighted by Gasteiger charge is -2.39. The second kappa shape index (κ2) is 6.56. The van der Waals surface area contributed by atoms with Crippen molar-refractivity contribution in [1.29, 1.82) is 0 Å². The Morgan fingerprint density at radius 3 is 2.85 bits per heavy atom. The molecule has 0 saturated carbocycles. The normalized spacial score (nSPS) is 19.9. The summed E-state index contributed by atoms with van der Waals surface area (Å²) < 4.78 is 9.79. The molecule has 0 aromatic carbocycles. The predicted octanol–water partition coefficient (Wildman–Crippen LogP) is 0.989. The number of ether oxygens (including phenoxy) is 1. The number of nitrogens with zero attached hydrogens (tertiary/aromatic N) is 2. The van der Waals surface area contributed by atoms with E-state index in [4.69, 9.17) is 4.42 Å². The minimum absolute atomic E-state index is 0.0740. The van der Waals surface area contributed by atoms with E-state index in [1.54, 1.807) is 12.1 Å². The van der Waals surface area contributed by atoms with Gasteiger partial charge in [-0.2, -0.15) is 0 Å². The average Bonchev–Trinajstić information content (AvgIpc) is 2.98. The number of furan rings is 1. The average molecular weight is 280 g/mol. The van der Waals surface area contributed by atoms with Gasteiger partial charge in [-0.3, -0.25) is 14.5 Å². The number of methoxy groups -OCH3 is 1. The van der Waals surface area contributed by atoms with Crippen molar-refractivity contribution in [1.82, 2.24) is 9.80 Å². The molecule has 1 fully saturated rings. The van der Waals surface area contributed by atoms with Gasteiger partial charge in [-0.15, -0.1) is 0 Å². The first-order valence-corrected chi connectivity index (χ1v) is 6.75. The Morgan fingerprint density at radius 1 is 1.45 bits per heavy atom. The van der Waals surface area contributed by atoms with Crippen LogP contribution in [0.5, 0.6) is 0 Å². The summed E-state index contributed by atoms with van der Waals surface area (Å²) in [4.78, 5) is 27.4. The van der Waals surface area contributed by atoms with Crippen LogP contribution in [0.15, 0.2) is 22.8 Å². The minimum atomic E-state index is -0.202. The predicted molar refractivity (Wildman–Crippen MR) is 72.3 cm³/mol. The topological polar surface area (TPSA) is 63.0 Å². The van der Waals surface area contributed by atoms with Crippen molar-refractivity contribution in [3.8, 4) is 0 Å². The van der Waals surface area contributed by atoms with Crippen LogP contribution in [0, 0.1) is 0 Å². The number of hydrogen-bond donors (Lipinski definition) is 0. The maximum absolute atomic E-state index is 12.2. The lowest BCUT2D eigenvalue weighted by Crippen LogP contribution is -2.54. The van der Waals surface area contributed by atoms with Crippen molar-refractivity contribution in [2.45, 2.75) is 19.4 Å². The second-order valence-electron chi connectivity index (χ2n) is 4.95. The van der Waals surface area contributed by atoms with Gasteiger partial charge in [-0.1, -0.05) is 0 Å². The van der Waals surface area contributed by atoms with Gasteiger partial charge < -0.3 is 14.1 Å². The quantitative estimate of drug-likeness (QED) is 0.770. The molecule has 6 heteroatoms. The van der Waals surface area contributed by atoms with Crippen molar-refractivity contribution >= 4 is 11.9 Å². The van der Waals surface area contributed by atoms with E-state index in [2.05, 4.69) is 9.64 Å². The summed E-state index contributed by atoms with van der Waals surface area (Å²) in [7, 11) is 1.39. The molecule has 0 N–H and O–H groups in total. The molecule has 20 heavy (non-hydrogen) atoms. The minimum Gasteiger partial charge on any atom is -0.469 e. The number of rotatable bonds is 4. The fraction of sp³-hybridized carbons (Fsp3) is 0.571. The molecular weight excluding hydrogens is 260 g/mol. The molecule has 1 saturated heterocycles. The number of carbonyl (C=O) groups is 2. The fourth-order valence-corrected chi connectivity index (χ4v) is 2.43. The summed E-state index contributed by atoms with van der Waals surface area (Å²) in [5, 5.41) is 0. The molecule has 6 nitrogen and oxygen atoms in total. The molecule has 0 aliphatic carbocycles. The zero-order valence-corrected chi connectivity index (χ0v) is 11.9. The largest absolute Gasteiger partial charge is 0.469 e. The summed E-state index contributed by atoms with van der Waals surface area (Å²) >= 11 is 0. The van der Waals surface area contributed by atoms with Gasteiger partial charge in [0.05, 0.1) is 19.8 Å². The van der Waals surface area contributed by atoms with Crippen molar-refractivity contribution < 1.29 is 18.7 Å². The lowest BCUT2D eigenvalue weighted by atomic mass is 10.1. The van der Waals surface area contributed by atoms with Gasteiger partial charge >= 0.3 is 5.97 Å². The van der Waals surface area contributed by atoms with Gasteiger partial charge in [-0.05, 0) is 19.1 Å². The summed E-state index contributed by atoms with van der Waals surface area (Å²) in [6, 6.07) is 3.49. The van der Waals surface area contributed by atoms with Crippen LogP contribution in [0.4, 0.5) is 0 Å². The van der Waals surface area contributed by atoms with Gasteiger partial charge in [0.1, 0.15) is 0 Å². The van der Waals surface area contributed by atoms with E-state index in [-0.39, 0.29) is 17.9 Å². The number of carbonyl (C=O) groups excluding carboxylic acids is 2. The maximum atomic E-state index is 12.2. The van der Waals surface area contributed by atoms with Crippen LogP contribution in [0.2, 0.25) is 0 Å². The molecule has 1 aromatic heterocycles. The molecule has 2 rings (SSSR count). The Kier molecular flexibility index (Phi) is 4.79. The van der Waals surface area contributed by atoms with Crippen LogP contribution in [0.25, 0.3) is 0 Å². The molecule has 1 amide bonds. The third kappa shape index (κ3) is 3.39. The monoisotopic (exact) mass is 280 g/mol. The molecule has 1 aliphatic rings. The highest BCUT2D eigenvalue weighted by Gasteiger charge is 2.29. The van der Waals surface area contributed by atoms with Crippen LogP contribution in [0.3, 0.4) is 0 Å². The zero-order chi connectivity index (χ0) is 14.5. The number of hydrogen-bond acceptors (Lipinski definition) is 5. The van der Waals surface area contributed by atoms with Crippen molar-refractivity contribution in [2.75, 3.05) is 33.3 Å². The first kappa shape index (κ1) is 14.6. The summed E-state index contributed by atoms with van der Waals surface area (Å²) in [6.45, 7) is 4.82. The third-order valence-corrected chi connectivity index (χ3v) is 3.56. The fourth-order valence-electron chi connectivity index (χ4n) is 2.43. The lowest BCUT2D eigenvalue weighted by molar-refractivity contribution is -0.141. The van der Waals surface area contributed by atoms with Crippen molar-refractivity contribution in [3.63, 3.8) is 0 Å². The molecule has 1 aliphatic heterocycles. The number of amides is 1. The maximum Gasteiger partial charge on any atom is 0.306 e. The standard InChI is InChI=1S/C14H20N2O4/c1-11-10-15(6-5-13(17)19-2)7-8-16(11)14(18)12-4-3-9-20-12/h3-4,9,11H,5-8,10H2,1-2H3/t11-/m0/s1. The zero-order valence-electron chi connectivity index (χ0n) is 11.9. The molecule has 0 spiro atoms. The van der Waals surface area contributed by atoms with E-state index in [0.29, 0.717) is 25.3 Å². The van der Waals surface area contributed by atoms with E-state index < -0.39 is 0 Å². The Hall–Kier alpha value is -1.82. The molecule has 2 heterocycles. The Bertz CT molecular complexity index is 458. The molecule has 0 unspecified atom stereocenters. The van der Waals surface area contributed by atoms with E-state index in [1.807, 2.05) is 11.8 Å². The molecule has 0 bridgehead atoms. The summed E-state index contributed by atoms with van der Waals surface area (Å²) in [6.07, 6.45) is 1.89. The SMILES string of the molecule is COC(=O)CCN1CCN(C(=O)c2ccco2)[C@@H](C)C1. The first-order valence-electron chi connectivity index (χ1n) is 6.75. The van der Waals surface area contributed by atoms with Crippen molar-refractivity contribution in [3.05, 3.63) is 24.2 Å². The molecule has 1 aromatic rings. The van der Waals surface area contributed by atoms with Crippen LogP contribution in [0.1, 0.15) is 23.9 Å². The molecule has 110 valence electrons. The second-order valence-corrected chi connectivity index (χ2v) is 4.95. The highest BCUT2D eigenvalue weighted by Crippen LogP contribution is 2.14. The highest BCUT2D eigenvalue weighted by molar-refractivity contribution is 5.91. The summed E-state index contributed by atoms with van der Waals surface area (Å²) in [5.41, 5.74) is 0.